The lowest BCUT2D eigenvalue weighted by molar-refractivity contribution is -0.128. The Bertz CT molecular complexity index is 1530. The van der Waals surface area contributed by atoms with E-state index in [-0.39, 0.29) is 18.4 Å². The minimum atomic E-state index is -1.07. The maximum atomic E-state index is 14.4. The number of aromatic nitrogens is 3. The molecule has 0 saturated carbocycles. The zero-order chi connectivity index (χ0) is 29.0. The van der Waals surface area contributed by atoms with Crippen molar-refractivity contribution >= 4 is 28.5 Å². The van der Waals surface area contributed by atoms with Gasteiger partial charge in [-0.05, 0) is 69.5 Å². The van der Waals surface area contributed by atoms with Crippen LogP contribution in [-0.2, 0) is 16.1 Å². The van der Waals surface area contributed by atoms with Gasteiger partial charge in [0.2, 0.25) is 11.8 Å². The van der Waals surface area contributed by atoms with E-state index in [2.05, 4.69) is 15.6 Å². The van der Waals surface area contributed by atoms with Gasteiger partial charge in [-0.15, -0.1) is 5.10 Å². The lowest BCUT2D eigenvalue weighted by atomic mass is 9.96. The van der Waals surface area contributed by atoms with Gasteiger partial charge in [0.05, 0.1) is 19.7 Å². The van der Waals surface area contributed by atoms with Gasteiger partial charge in [-0.3, -0.25) is 14.5 Å². The quantitative estimate of drug-likeness (QED) is 0.297. The number of rotatable bonds is 10. The van der Waals surface area contributed by atoms with Gasteiger partial charge in [-0.2, -0.15) is 0 Å². The number of nitrogens with zero attached hydrogens (tertiary/aromatic N) is 4. The van der Waals surface area contributed by atoms with Gasteiger partial charge in [-0.25, -0.2) is 4.68 Å². The lowest BCUT2D eigenvalue weighted by Gasteiger charge is -2.36. The molecule has 0 radical (unpaired) electrons. The molecule has 0 saturated heterocycles. The van der Waals surface area contributed by atoms with Gasteiger partial charge < -0.3 is 14.8 Å². The topological polar surface area (TPSA) is 98.6 Å². The van der Waals surface area contributed by atoms with E-state index in [1.807, 2.05) is 77.1 Å². The summed E-state index contributed by atoms with van der Waals surface area (Å²) >= 11 is 0. The van der Waals surface area contributed by atoms with Crippen LogP contribution in [0.1, 0.15) is 49.9 Å². The molecule has 0 bridgehead atoms. The van der Waals surface area contributed by atoms with Gasteiger partial charge in [0.25, 0.3) is 0 Å². The number of benzene rings is 3. The number of hydrogen-bond donors (Lipinski definition) is 1. The molecular formula is C31H37N5O4. The molecule has 0 aliphatic carbocycles. The van der Waals surface area contributed by atoms with Gasteiger partial charge in [0.1, 0.15) is 18.1 Å². The Kier molecular flexibility index (Phi) is 8.42. The second-order valence-corrected chi connectivity index (χ2v) is 10.5. The summed E-state index contributed by atoms with van der Waals surface area (Å²) in [4.78, 5) is 30.2. The van der Waals surface area contributed by atoms with E-state index in [9.17, 15) is 9.59 Å². The van der Waals surface area contributed by atoms with Crippen LogP contribution in [0.25, 0.3) is 11.0 Å². The molecule has 3 aromatic carbocycles. The summed E-state index contributed by atoms with van der Waals surface area (Å²) in [6.45, 7) is 9.67. The zero-order valence-electron chi connectivity index (χ0n) is 24.2. The van der Waals surface area contributed by atoms with Crippen molar-refractivity contribution in [1.82, 2.24) is 20.3 Å². The molecule has 1 atom stereocenters. The number of aryl methyl sites for hydroxylation is 2. The number of para-hydroxylation sites is 2. The van der Waals surface area contributed by atoms with E-state index in [0.29, 0.717) is 34.7 Å². The molecule has 9 heteroatoms. The van der Waals surface area contributed by atoms with Crippen molar-refractivity contribution in [1.29, 1.82) is 0 Å². The minimum absolute atomic E-state index is 0.124. The van der Waals surface area contributed by atoms with Gasteiger partial charge in [-0.1, -0.05) is 48.5 Å². The predicted octanol–water partition coefficient (Wildman–Crippen LogP) is 5.14. The Labute approximate surface area is 235 Å². The van der Waals surface area contributed by atoms with Crippen molar-refractivity contribution in [3.8, 4) is 11.5 Å². The van der Waals surface area contributed by atoms with Crippen LogP contribution in [0.15, 0.2) is 60.7 Å². The van der Waals surface area contributed by atoms with E-state index in [4.69, 9.17) is 9.47 Å². The number of anilines is 1. The third-order valence-corrected chi connectivity index (χ3v) is 7.18. The predicted molar refractivity (Wildman–Crippen MR) is 156 cm³/mol. The van der Waals surface area contributed by atoms with Gasteiger partial charge in [0.15, 0.2) is 11.5 Å². The fourth-order valence-electron chi connectivity index (χ4n) is 4.65. The van der Waals surface area contributed by atoms with Crippen LogP contribution in [0.3, 0.4) is 0 Å². The number of nitrogens with one attached hydrogen (secondary N) is 1. The molecule has 1 aromatic heterocycles. The first-order chi connectivity index (χ1) is 19.1. The SMILES string of the molecule is CCC(C)(C)NC(=O)C(c1cccc(OC)c1OC)N(C(=O)Cn1nnc2ccccc21)c1cc(C)ccc1C. The van der Waals surface area contributed by atoms with E-state index < -0.39 is 11.6 Å². The number of carbonyl (C=O) groups excluding carboxylic acids is 2. The molecule has 0 aliphatic rings. The second-order valence-electron chi connectivity index (χ2n) is 10.5. The Morgan fingerprint density at radius 3 is 2.48 bits per heavy atom. The van der Waals surface area contributed by atoms with Crippen LogP contribution in [0, 0.1) is 13.8 Å². The van der Waals surface area contributed by atoms with Gasteiger partial charge in [0, 0.05) is 16.8 Å². The highest BCUT2D eigenvalue weighted by atomic mass is 16.5. The summed E-state index contributed by atoms with van der Waals surface area (Å²) in [5, 5.41) is 11.6. The van der Waals surface area contributed by atoms with Crippen LogP contribution >= 0.6 is 0 Å². The summed E-state index contributed by atoms with van der Waals surface area (Å²) in [5.41, 5.74) is 3.82. The molecule has 0 aliphatic heterocycles. The molecule has 9 nitrogen and oxygen atoms in total. The van der Waals surface area contributed by atoms with Crippen molar-refractivity contribution in [2.45, 2.75) is 59.2 Å². The first-order valence-corrected chi connectivity index (χ1v) is 13.3. The van der Waals surface area contributed by atoms with Crippen molar-refractivity contribution in [2.24, 2.45) is 0 Å². The number of carbonyl (C=O) groups is 2. The molecule has 40 heavy (non-hydrogen) atoms. The molecule has 4 rings (SSSR count). The Morgan fingerprint density at radius 2 is 1.77 bits per heavy atom. The molecule has 1 heterocycles. The summed E-state index contributed by atoms with van der Waals surface area (Å²) in [6, 6.07) is 17.6. The normalized spacial score (nSPS) is 12.2. The molecule has 0 fully saturated rings. The zero-order valence-corrected chi connectivity index (χ0v) is 24.2. The fourth-order valence-corrected chi connectivity index (χ4v) is 4.65. The number of hydrogen-bond acceptors (Lipinski definition) is 6. The van der Waals surface area contributed by atoms with Crippen LogP contribution in [0.4, 0.5) is 5.69 Å². The molecule has 4 aromatic rings. The van der Waals surface area contributed by atoms with Crippen molar-refractivity contribution in [3.63, 3.8) is 0 Å². The monoisotopic (exact) mass is 543 g/mol. The highest BCUT2D eigenvalue weighted by Gasteiger charge is 2.38. The molecule has 1 N–H and O–H groups in total. The minimum Gasteiger partial charge on any atom is -0.493 e. The summed E-state index contributed by atoms with van der Waals surface area (Å²) < 4.78 is 12.9. The maximum Gasteiger partial charge on any atom is 0.249 e. The highest BCUT2D eigenvalue weighted by molar-refractivity contribution is 6.02. The number of ether oxygens (including phenoxy) is 2. The van der Waals surface area contributed by atoms with Crippen molar-refractivity contribution < 1.29 is 19.1 Å². The number of fused-ring (bicyclic) bond motifs is 1. The van der Waals surface area contributed by atoms with E-state index in [0.717, 1.165) is 16.6 Å². The smallest absolute Gasteiger partial charge is 0.249 e. The summed E-state index contributed by atoms with van der Waals surface area (Å²) in [7, 11) is 3.07. The van der Waals surface area contributed by atoms with E-state index in [1.165, 1.54) is 7.11 Å². The molecule has 210 valence electrons. The van der Waals surface area contributed by atoms with Crippen LogP contribution < -0.4 is 19.7 Å². The first-order valence-electron chi connectivity index (χ1n) is 13.3. The Hall–Kier alpha value is -4.40. The average molecular weight is 544 g/mol. The molecule has 0 spiro atoms. The molecular weight excluding hydrogens is 506 g/mol. The fraction of sp³-hybridized carbons (Fsp3) is 0.355. The van der Waals surface area contributed by atoms with Crippen LogP contribution in [0.2, 0.25) is 0 Å². The average Bonchev–Trinajstić information content (AvgIpc) is 3.34. The van der Waals surface area contributed by atoms with Crippen molar-refractivity contribution in [3.05, 3.63) is 77.4 Å². The Balaban J connectivity index is 1.94. The second kappa shape index (κ2) is 11.8. The van der Waals surface area contributed by atoms with Crippen LogP contribution in [0.5, 0.6) is 11.5 Å². The number of amides is 2. The van der Waals surface area contributed by atoms with Crippen LogP contribution in [-0.4, -0.2) is 46.6 Å². The summed E-state index contributed by atoms with van der Waals surface area (Å²) in [6.07, 6.45) is 0.697. The standard InChI is InChI=1S/C31H37N5O4/c1-8-31(4,5)32-30(38)28(22-12-11-15-26(39-6)29(22)40-7)36(25-18-20(2)16-17-21(25)3)27(37)19-35-24-14-10-9-13-23(24)33-34-35/h9-18,28H,8,19H2,1-7H3,(H,32,38). The third kappa shape index (κ3) is 5.78. The molecule has 2 amide bonds. The molecule has 1 unspecified atom stereocenters. The summed E-state index contributed by atoms with van der Waals surface area (Å²) in [5.74, 6) is 0.178. The van der Waals surface area contributed by atoms with Crippen molar-refractivity contribution in [2.75, 3.05) is 19.1 Å². The third-order valence-electron chi connectivity index (χ3n) is 7.18. The maximum absolute atomic E-state index is 14.4. The van der Waals surface area contributed by atoms with E-state index >= 15 is 0 Å². The lowest BCUT2D eigenvalue weighted by Crippen LogP contribution is -2.51. The highest BCUT2D eigenvalue weighted by Crippen LogP contribution is 2.40. The number of methoxy groups -OCH3 is 2. The van der Waals surface area contributed by atoms with Gasteiger partial charge >= 0.3 is 0 Å². The Morgan fingerprint density at radius 1 is 1.02 bits per heavy atom. The largest absolute Gasteiger partial charge is 0.493 e. The van der Waals surface area contributed by atoms with E-state index in [1.54, 1.807) is 34.9 Å². The first kappa shape index (κ1) is 28.6.